The molecule has 198 valence electrons. The van der Waals surface area contributed by atoms with Gasteiger partial charge in [0, 0.05) is 30.2 Å². The molecule has 0 spiro atoms. The van der Waals surface area contributed by atoms with E-state index in [2.05, 4.69) is 15.6 Å². The van der Waals surface area contributed by atoms with Gasteiger partial charge in [-0.2, -0.15) is 0 Å². The molecule has 11 heteroatoms. The van der Waals surface area contributed by atoms with Crippen LogP contribution in [0.15, 0.2) is 83.4 Å². The number of amides is 1. The highest BCUT2D eigenvalue weighted by atomic mass is 35.5. The zero-order chi connectivity index (χ0) is 27.5. The standard InChI is InChI=1S/C28H23ClN4O5S/c1-37-15-24(34)31-17-6-8-18(9-7-17)33-26(25(32-28(33)39)21-4-2-3-13-30-21)23-12-11-22(38-23)19-14-16(27(35)36)5-10-20(19)29/h2-14,25-26H,15H2,1H3,(H,31,34)(H,32,39)(H,35,36)/t25-,26-/m1/s1. The molecule has 0 bridgehead atoms. The van der Waals surface area contributed by atoms with E-state index in [1.165, 1.54) is 25.3 Å². The number of carbonyl (C=O) groups excluding carboxylic acids is 1. The topological polar surface area (TPSA) is 117 Å². The Morgan fingerprint density at radius 1 is 1.15 bits per heavy atom. The average molecular weight is 563 g/mol. The minimum Gasteiger partial charge on any atom is -0.478 e. The normalized spacial score (nSPS) is 16.7. The van der Waals surface area contributed by atoms with Gasteiger partial charge in [0.25, 0.3) is 0 Å². The number of thiocarbonyl (C=S) groups is 1. The molecule has 9 nitrogen and oxygen atoms in total. The van der Waals surface area contributed by atoms with E-state index < -0.39 is 12.0 Å². The van der Waals surface area contributed by atoms with E-state index in [-0.39, 0.29) is 24.1 Å². The number of nitrogens with zero attached hydrogens (tertiary/aromatic N) is 2. The molecule has 1 aliphatic rings. The number of benzene rings is 2. The summed E-state index contributed by atoms with van der Waals surface area (Å²) in [6, 6.07) is 20.1. The molecule has 4 aromatic rings. The van der Waals surface area contributed by atoms with Gasteiger partial charge in [0.1, 0.15) is 24.2 Å². The van der Waals surface area contributed by atoms with Gasteiger partial charge in [0.15, 0.2) is 5.11 Å². The number of furan rings is 1. The van der Waals surface area contributed by atoms with Crippen LogP contribution in [-0.4, -0.2) is 40.8 Å². The number of aromatic nitrogens is 1. The van der Waals surface area contributed by atoms with Crippen molar-refractivity contribution in [2.24, 2.45) is 0 Å². The fraction of sp³-hybridized carbons (Fsp3) is 0.143. The van der Waals surface area contributed by atoms with Gasteiger partial charge in [-0.15, -0.1) is 0 Å². The van der Waals surface area contributed by atoms with Crippen molar-refractivity contribution in [2.75, 3.05) is 23.9 Å². The van der Waals surface area contributed by atoms with Crippen LogP contribution in [0.1, 0.15) is 33.9 Å². The zero-order valence-electron chi connectivity index (χ0n) is 20.6. The predicted molar refractivity (Wildman–Crippen MR) is 151 cm³/mol. The van der Waals surface area contributed by atoms with Crippen molar-refractivity contribution >= 4 is 52.2 Å². The zero-order valence-corrected chi connectivity index (χ0v) is 22.2. The fourth-order valence-corrected chi connectivity index (χ4v) is 5.02. The smallest absolute Gasteiger partial charge is 0.335 e. The molecule has 3 N–H and O–H groups in total. The number of anilines is 2. The average Bonchev–Trinajstić information content (AvgIpc) is 3.54. The molecule has 1 fully saturated rings. The Hall–Kier alpha value is -4.25. The highest BCUT2D eigenvalue weighted by Gasteiger charge is 2.42. The molecule has 39 heavy (non-hydrogen) atoms. The number of pyridine rings is 1. The van der Waals surface area contributed by atoms with Gasteiger partial charge in [-0.25, -0.2) is 4.79 Å². The van der Waals surface area contributed by atoms with Crippen LogP contribution < -0.4 is 15.5 Å². The Bertz CT molecular complexity index is 1530. The number of hydrogen-bond donors (Lipinski definition) is 3. The van der Waals surface area contributed by atoms with Crippen molar-refractivity contribution in [2.45, 2.75) is 12.1 Å². The predicted octanol–water partition coefficient (Wildman–Crippen LogP) is 5.46. The minimum absolute atomic E-state index is 0.0457. The lowest BCUT2D eigenvalue weighted by Crippen LogP contribution is -2.29. The second kappa shape index (κ2) is 11.2. The first-order chi connectivity index (χ1) is 18.9. The monoisotopic (exact) mass is 562 g/mol. The second-order valence-electron chi connectivity index (χ2n) is 8.73. The summed E-state index contributed by atoms with van der Waals surface area (Å²) in [5.41, 5.74) is 2.71. The van der Waals surface area contributed by atoms with E-state index in [1.54, 1.807) is 24.4 Å². The number of hydrogen-bond acceptors (Lipinski definition) is 6. The molecule has 2 atom stereocenters. The molecule has 0 radical (unpaired) electrons. The van der Waals surface area contributed by atoms with Crippen molar-refractivity contribution in [1.82, 2.24) is 10.3 Å². The van der Waals surface area contributed by atoms with Crippen LogP contribution in [0.5, 0.6) is 0 Å². The fourth-order valence-electron chi connectivity index (χ4n) is 4.46. The van der Waals surface area contributed by atoms with Crippen LogP contribution in [0.4, 0.5) is 11.4 Å². The van der Waals surface area contributed by atoms with E-state index in [1.807, 2.05) is 41.3 Å². The molecular formula is C28H23ClN4O5S. The number of ether oxygens (including phenoxy) is 1. The van der Waals surface area contributed by atoms with Crippen molar-refractivity contribution in [1.29, 1.82) is 0 Å². The van der Waals surface area contributed by atoms with Gasteiger partial charge in [-0.3, -0.25) is 9.78 Å². The van der Waals surface area contributed by atoms with Gasteiger partial charge in [0.05, 0.1) is 22.3 Å². The molecule has 2 aromatic heterocycles. The van der Waals surface area contributed by atoms with Crippen LogP contribution in [0, 0.1) is 0 Å². The van der Waals surface area contributed by atoms with E-state index >= 15 is 0 Å². The van der Waals surface area contributed by atoms with Crippen molar-refractivity contribution < 1.29 is 23.8 Å². The lowest BCUT2D eigenvalue weighted by molar-refractivity contribution is -0.119. The lowest BCUT2D eigenvalue weighted by Gasteiger charge is -2.26. The Morgan fingerprint density at radius 2 is 1.95 bits per heavy atom. The minimum atomic E-state index is -1.06. The van der Waals surface area contributed by atoms with Gasteiger partial charge in [-0.1, -0.05) is 17.7 Å². The number of aromatic carboxylic acids is 1. The summed E-state index contributed by atoms with van der Waals surface area (Å²) in [4.78, 5) is 29.9. The summed E-state index contributed by atoms with van der Waals surface area (Å²) in [5.74, 6) is -0.326. The first-order valence-electron chi connectivity index (χ1n) is 11.9. The number of methoxy groups -OCH3 is 1. The summed E-state index contributed by atoms with van der Waals surface area (Å²) in [7, 11) is 1.46. The largest absolute Gasteiger partial charge is 0.478 e. The molecule has 1 amide bonds. The van der Waals surface area contributed by atoms with E-state index in [4.69, 9.17) is 33.0 Å². The number of nitrogens with one attached hydrogen (secondary N) is 2. The second-order valence-corrected chi connectivity index (χ2v) is 9.52. The van der Waals surface area contributed by atoms with Crippen molar-refractivity contribution in [3.8, 4) is 11.3 Å². The summed E-state index contributed by atoms with van der Waals surface area (Å²) >= 11 is 12.2. The Labute approximate surface area is 234 Å². The van der Waals surface area contributed by atoms with Crippen LogP contribution in [0.25, 0.3) is 11.3 Å². The summed E-state index contributed by atoms with van der Waals surface area (Å²) in [5, 5.41) is 16.4. The van der Waals surface area contributed by atoms with Crippen LogP contribution in [0.2, 0.25) is 5.02 Å². The van der Waals surface area contributed by atoms with Crippen LogP contribution in [-0.2, 0) is 9.53 Å². The molecule has 1 aliphatic heterocycles. The Balaban J connectivity index is 1.53. The number of carboxylic acids is 1. The number of rotatable bonds is 8. The Morgan fingerprint density at radius 3 is 2.64 bits per heavy atom. The molecule has 5 rings (SSSR count). The molecule has 2 aromatic carbocycles. The molecule has 3 heterocycles. The van der Waals surface area contributed by atoms with E-state index in [0.717, 1.165) is 11.4 Å². The maximum absolute atomic E-state index is 11.9. The summed E-state index contributed by atoms with van der Waals surface area (Å²) in [6.45, 7) is -0.0457. The molecular weight excluding hydrogens is 540 g/mol. The lowest BCUT2D eigenvalue weighted by atomic mass is 10.0. The quantitative estimate of drug-likeness (QED) is 0.241. The van der Waals surface area contributed by atoms with Crippen LogP contribution in [0.3, 0.4) is 0 Å². The SMILES string of the molecule is COCC(=O)Nc1ccc(N2C(=S)N[C@H](c3ccccn3)[C@H]2c2ccc(-c3cc(C(=O)O)ccc3Cl)o2)cc1. The molecule has 1 saturated heterocycles. The van der Waals surface area contributed by atoms with Crippen LogP contribution >= 0.6 is 23.8 Å². The highest BCUT2D eigenvalue weighted by molar-refractivity contribution is 7.80. The maximum Gasteiger partial charge on any atom is 0.335 e. The van der Waals surface area contributed by atoms with E-state index in [9.17, 15) is 14.7 Å². The summed E-state index contributed by atoms with van der Waals surface area (Å²) < 4.78 is 11.2. The summed E-state index contributed by atoms with van der Waals surface area (Å²) in [6.07, 6.45) is 1.71. The third-order valence-corrected chi connectivity index (χ3v) is 6.84. The van der Waals surface area contributed by atoms with Gasteiger partial charge in [-0.05, 0) is 78.9 Å². The van der Waals surface area contributed by atoms with Gasteiger partial charge < -0.3 is 29.8 Å². The first-order valence-corrected chi connectivity index (χ1v) is 12.7. The molecule has 0 unspecified atom stereocenters. The third-order valence-electron chi connectivity index (χ3n) is 6.20. The molecule has 0 aliphatic carbocycles. The number of halogens is 1. The first kappa shape index (κ1) is 26.4. The number of carboxylic acid groups (broad SMARTS) is 1. The Kier molecular flexibility index (Phi) is 7.60. The van der Waals surface area contributed by atoms with E-state index in [0.29, 0.717) is 32.9 Å². The maximum atomic E-state index is 11.9. The van der Waals surface area contributed by atoms with Crippen molar-refractivity contribution in [3.63, 3.8) is 0 Å². The highest BCUT2D eigenvalue weighted by Crippen LogP contribution is 2.43. The van der Waals surface area contributed by atoms with Crippen molar-refractivity contribution in [3.05, 3.63) is 101 Å². The van der Waals surface area contributed by atoms with Gasteiger partial charge >= 0.3 is 5.97 Å². The van der Waals surface area contributed by atoms with Gasteiger partial charge in [0.2, 0.25) is 5.91 Å². The molecule has 0 saturated carbocycles. The third kappa shape index (κ3) is 5.49. The number of carbonyl (C=O) groups is 2.